The lowest BCUT2D eigenvalue weighted by atomic mass is 10.1. The highest BCUT2D eigenvalue weighted by Crippen LogP contribution is 2.31. The summed E-state index contributed by atoms with van der Waals surface area (Å²) < 4.78 is 72.1. The van der Waals surface area contributed by atoms with E-state index in [1.54, 1.807) is 46.4 Å². The number of fused-ring (bicyclic) bond motifs is 2. The van der Waals surface area contributed by atoms with Gasteiger partial charge in [0.05, 0.1) is 49.4 Å². The molecule has 0 aromatic heterocycles. The second-order valence-corrected chi connectivity index (χ2v) is 15.3. The molecule has 0 spiro atoms. The minimum atomic E-state index is -3.96. The minimum Gasteiger partial charge on any atom is -0.379 e. The van der Waals surface area contributed by atoms with Crippen LogP contribution in [0.3, 0.4) is 0 Å². The monoisotopic (exact) mass is 714 g/mol. The quantitative estimate of drug-likeness (QED) is 0.279. The molecule has 49 heavy (non-hydrogen) atoms. The molecule has 0 unspecified atom stereocenters. The van der Waals surface area contributed by atoms with Crippen LogP contribution >= 0.6 is 0 Å². The highest BCUT2D eigenvalue weighted by atomic mass is 32.2. The Kier molecular flexibility index (Phi) is 12.5. The molecule has 0 radical (unpaired) electrons. The van der Waals surface area contributed by atoms with Gasteiger partial charge in [0.25, 0.3) is 20.0 Å². The van der Waals surface area contributed by atoms with E-state index in [1.165, 1.54) is 0 Å². The number of nitrogens with one attached hydrogen (secondary N) is 2. The Morgan fingerprint density at radius 1 is 0.490 bits per heavy atom. The zero-order valence-electron chi connectivity index (χ0n) is 28.5. The molecule has 1 aliphatic heterocycles. The molecule has 15 heteroatoms. The van der Waals surface area contributed by atoms with E-state index in [9.17, 15) is 16.8 Å². The fraction of sp³-hybridized carbons (Fsp3) is 0.412. The van der Waals surface area contributed by atoms with E-state index in [4.69, 9.17) is 14.2 Å². The first kappa shape index (κ1) is 36.9. The van der Waals surface area contributed by atoms with Gasteiger partial charge in [-0.1, -0.05) is 48.5 Å². The number of hydrogen-bond acceptors (Lipinski definition) is 11. The van der Waals surface area contributed by atoms with Gasteiger partial charge >= 0.3 is 0 Å². The predicted molar refractivity (Wildman–Crippen MR) is 193 cm³/mol. The Hall–Kier alpha value is -3.38. The van der Waals surface area contributed by atoms with E-state index in [0.717, 1.165) is 22.1 Å². The van der Waals surface area contributed by atoms with Crippen molar-refractivity contribution >= 4 is 53.0 Å². The molecule has 266 valence electrons. The van der Waals surface area contributed by atoms with Crippen LogP contribution in [-0.2, 0) is 34.3 Å². The van der Waals surface area contributed by atoms with Crippen LogP contribution < -0.4 is 19.5 Å². The Morgan fingerprint density at radius 2 is 0.816 bits per heavy atom. The lowest BCUT2D eigenvalue weighted by Gasteiger charge is -2.25. The number of ether oxygens (including phenoxy) is 3. The normalized spacial score (nSPS) is 17.1. The van der Waals surface area contributed by atoms with Gasteiger partial charge < -0.3 is 24.0 Å². The number of benzene rings is 4. The number of hydrogen-bond donors (Lipinski definition) is 2. The van der Waals surface area contributed by atoms with Crippen molar-refractivity contribution in [2.45, 2.75) is 9.79 Å². The van der Waals surface area contributed by atoms with Gasteiger partial charge in [-0.05, 0) is 24.3 Å². The number of nitrogens with zero attached hydrogens (tertiary/aromatic N) is 4. The predicted octanol–water partition coefficient (Wildman–Crippen LogP) is 2.88. The molecule has 4 aromatic rings. The van der Waals surface area contributed by atoms with E-state index in [2.05, 4.69) is 9.66 Å². The van der Waals surface area contributed by atoms with Crippen LogP contribution in [0, 0.1) is 0 Å². The van der Waals surface area contributed by atoms with Crippen LogP contribution in [-0.4, -0.2) is 121 Å². The van der Waals surface area contributed by atoms with E-state index in [1.807, 2.05) is 74.4 Å². The summed E-state index contributed by atoms with van der Waals surface area (Å²) in [5.74, 6) is 0. The number of anilines is 2. The third-order valence-corrected chi connectivity index (χ3v) is 11.0. The molecule has 4 aromatic carbocycles. The molecule has 0 aliphatic carbocycles. The van der Waals surface area contributed by atoms with E-state index in [-0.39, 0.29) is 62.4 Å². The first-order valence-corrected chi connectivity index (χ1v) is 19.1. The molecule has 0 saturated carbocycles. The van der Waals surface area contributed by atoms with Gasteiger partial charge in [0.1, 0.15) is 0 Å². The van der Waals surface area contributed by atoms with E-state index >= 15 is 0 Å². The van der Waals surface area contributed by atoms with Gasteiger partial charge in [-0.2, -0.15) is 0 Å². The molecule has 5 rings (SSSR count). The van der Waals surface area contributed by atoms with Gasteiger partial charge in [0, 0.05) is 87.3 Å². The average molecular weight is 715 g/mol. The number of hydrazine groups is 2. The highest BCUT2D eigenvalue weighted by molar-refractivity contribution is 7.90. The van der Waals surface area contributed by atoms with Crippen molar-refractivity contribution in [1.82, 2.24) is 19.7 Å². The van der Waals surface area contributed by atoms with Crippen molar-refractivity contribution in [2.75, 3.05) is 104 Å². The maximum atomic E-state index is 13.7. The Labute approximate surface area is 289 Å². The second-order valence-electron chi connectivity index (χ2n) is 12.0. The first-order chi connectivity index (χ1) is 23.5. The molecule has 1 saturated heterocycles. The third-order valence-electron chi connectivity index (χ3n) is 8.15. The van der Waals surface area contributed by atoms with Gasteiger partial charge in [0.15, 0.2) is 0 Å². The van der Waals surface area contributed by atoms with E-state index < -0.39 is 20.0 Å². The first-order valence-electron chi connectivity index (χ1n) is 16.1. The number of sulfonamides is 2. The summed E-state index contributed by atoms with van der Waals surface area (Å²) in [6, 6.07) is 21.7. The summed E-state index contributed by atoms with van der Waals surface area (Å²) in [6.07, 6.45) is 0. The molecule has 1 heterocycles. The highest BCUT2D eigenvalue weighted by Gasteiger charge is 2.24. The third kappa shape index (κ3) is 9.25. The van der Waals surface area contributed by atoms with Gasteiger partial charge in [-0.3, -0.25) is 0 Å². The summed E-state index contributed by atoms with van der Waals surface area (Å²) >= 11 is 0. The molecular formula is C34H46N6O7S2. The number of rotatable bonds is 8. The topological polar surface area (TPSA) is 133 Å². The van der Waals surface area contributed by atoms with Crippen LogP contribution in [0.5, 0.6) is 0 Å². The zero-order valence-corrected chi connectivity index (χ0v) is 30.1. The summed E-state index contributed by atoms with van der Waals surface area (Å²) in [5, 5.41) is 6.03. The summed E-state index contributed by atoms with van der Waals surface area (Å²) in [7, 11) is -0.241. The van der Waals surface area contributed by atoms with E-state index in [0.29, 0.717) is 24.0 Å². The molecule has 13 nitrogen and oxygen atoms in total. The summed E-state index contributed by atoms with van der Waals surface area (Å²) in [4.78, 5) is 9.69. The van der Waals surface area contributed by atoms with Gasteiger partial charge in [-0.15, -0.1) is 9.66 Å². The van der Waals surface area contributed by atoms with Gasteiger partial charge in [-0.25, -0.2) is 26.9 Å². The maximum absolute atomic E-state index is 13.7. The van der Waals surface area contributed by atoms with Crippen molar-refractivity contribution in [3.8, 4) is 0 Å². The Morgan fingerprint density at radius 3 is 1.18 bits per heavy atom. The summed E-state index contributed by atoms with van der Waals surface area (Å²) in [6.45, 7) is 2.54. The minimum absolute atomic E-state index is 0.173. The molecule has 0 bridgehead atoms. The van der Waals surface area contributed by atoms with Crippen molar-refractivity contribution in [3.63, 3.8) is 0 Å². The zero-order chi connectivity index (χ0) is 35.0. The molecule has 0 atom stereocenters. The smallest absolute Gasteiger partial charge is 0.254 e. The molecule has 1 aliphatic rings. The van der Waals surface area contributed by atoms with Crippen LogP contribution in [0.2, 0.25) is 0 Å². The van der Waals surface area contributed by atoms with Crippen molar-refractivity contribution in [1.29, 1.82) is 0 Å². The van der Waals surface area contributed by atoms with Crippen LogP contribution in [0.4, 0.5) is 11.4 Å². The maximum Gasteiger partial charge on any atom is 0.254 e. The fourth-order valence-corrected chi connectivity index (χ4v) is 8.44. The van der Waals surface area contributed by atoms with Gasteiger partial charge in [0.2, 0.25) is 0 Å². The SMILES string of the molecule is CN(C)c1cccc2c(S(=O)(=O)NN3CCOCCOCCN(NS(=O)(=O)c4cccc5c(N(C)C)cccc45)CCOCC3)cccc12. The lowest BCUT2D eigenvalue weighted by Crippen LogP contribution is -2.46. The Bertz CT molecular complexity index is 1800. The van der Waals surface area contributed by atoms with Crippen LogP contribution in [0.25, 0.3) is 21.5 Å². The molecule has 2 N–H and O–H groups in total. The molecule has 1 fully saturated rings. The second kappa shape index (κ2) is 16.6. The lowest BCUT2D eigenvalue weighted by molar-refractivity contribution is 0.0287. The van der Waals surface area contributed by atoms with Crippen molar-refractivity contribution < 1.29 is 31.0 Å². The van der Waals surface area contributed by atoms with Crippen LogP contribution in [0.15, 0.2) is 82.6 Å². The van der Waals surface area contributed by atoms with Crippen molar-refractivity contribution in [2.24, 2.45) is 0 Å². The molecule has 0 amide bonds. The standard InChI is InChI=1S/C34H46N6O7S2/c1-37(2)31-13-5-11-29-27(31)9-7-15-33(29)48(41,42)35-39-17-21-45-22-18-40(20-24-47-26-25-46-23-19-39)36-49(43,44)34-16-8-10-28-30(34)12-6-14-32(28)38(3)4/h5-16,35-36H,17-26H2,1-4H3. The van der Waals surface area contributed by atoms with Crippen LogP contribution in [0.1, 0.15) is 0 Å². The Balaban J connectivity index is 1.27. The largest absolute Gasteiger partial charge is 0.379 e. The average Bonchev–Trinajstić information content (AvgIpc) is 3.07. The molecular weight excluding hydrogens is 669 g/mol. The van der Waals surface area contributed by atoms with Crippen molar-refractivity contribution in [3.05, 3.63) is 72.8 Å². The fourth-order valence-electron chi connectivity index (χ4n) is 5.75. The summed E-state index contributed by atoms with van der Waals surface area (Å²) in [5.41, 5.74) is 1.83.